The van der Waals surface area contributed by atoms with Gasteiger partial charge in [0.15, 0.2) is 11.5 Å². The number of phenols is 2. The average Bonchev–Trinajstić information content (AvgIpc) is 2.52. The SMILES string of the molecule is O=C(C=Cc1ccc(O)c(O)c1)O[C@@H]1C[C@H](C(=O)O)C[C@@H](O)[C@H]1O. The maximum atomic E-state index is 11.8. The summed E-state index contributed by atoms with van der Waals surface area (Å²) in [6.45, 7) is 0. The molecule has 0 spiro atoms. The molecule has 130 valence electrons. The van der Waals surface area contributed by atoms with Crippen molar-refractivity contribution in [3.05, 3.63) is 29.8 Å². The first-order chi connectivity index (χ1) is 11.3. The topological polar surface area (TPSA) is 145 Å². The van der Waals surface area contributed by atoms with Crippen LogP contribution in [0.2, 0.25) is 0 Å². The van der Waals surface area contributed by atoms with Crippen molar-refractivity contribution in [1.29, 1.82) is 0 Å². The number of carboxylic acids is 1. The Bertz CT molecular complexity index is 653. The van der Waals surface area contributed by atoms with Crippen LogP contribution in [0.1, 0.15) is 18.4 Å². The van der Waals surface area contributed by atoms with Gasteiger partial charge in [-0.2, -0.15) is 0 Å². The van der Waals surface area contributed by atoms with Crippen LogP contribution in [0.3, 0.4) is 0 Å². The highest BCUT2D eigenvalue weighted by atomic mass is 16.6. The van der Waals surface area contributed by atoms with Crippen LogP contribution in [-0.2, 0) is 14.3 Å². The summed E-state index contributed by atoms with van der Waals surface area (Å²) >= 11 is 0. The van der Waals surface area contributed by atoms with E-state index in [0.717, 1.165) is 6.08 Å². The molecule has 5 N–H and O–H groups in total. The van der Waals surface area contributed by atoms with Crippen molar-refractivity contribution in [2.24, 2.45) is 5.92 Å². The summed E-state index contributed by atoms with van der Waals surface area (Å²) in [5.41, 5.74) is 0.426. The predicted octanol–water partition coefficient (Wildman–Crippen LogP) is 0.239. The number of aliphatic carboxylic acids is 1. The zero-order chi connectivity index (χ0) is 17.9. The number of hydrogen-bond acceptors (Lipinski definition) is 7. The lowest BCUT2D eigenvalue weighted by atomic mass is 9.83. The molecule has 1 aromatic rings. The van der Waals surface area contributed by atoms with Crippen molar-refractivity contribution in [2.45, 2.75) is 31.2 Å². The van der Waals surface area contributed by atoms with E-state index in [1.165, 1.54) is 24.3 Å². The number of aromatic hydroxyl groups is 2. The maximum Gasteiger partial charge on any atom is 0.331 e. The van der Waals surface area contributed by atoms with E-state index in [4.69, 9.17) is 9.84 Å². The molecule has 8 heteroatoms. The Morgan fingerprint density at radius 2 is 1.83 bits per heavy atom. The van der Waals surface area contributed by atoms with Gasteiger partial charge in [0, 0.05) is 12.5 Å². The summed E-state index contributed by atoms with van der Waals surface area (Å²) in [5, 5.41) is 47.1. The molecule has 1 fully saturated rings. The Kier molecular flexibility index (Phi) is 5.42. The van der Waals surface area contributed by atoms with Crippen molar-refractivity contribution in [1.82, 2.24) is 0 Å². The molecule has 0 saturated heterocycles. The van der Waals surface area contributed by atoms with E-state index in [1.54, 1.807) is 0 Å². The number of phenolic OH excluding ortho intramolecular Hbond substituents is 2. The Hall–Kier alpha value is -2.58. The van der Waals surface area contributed by atoms with Crippen LogP contribution < -0.4 is 0 Å². The third-order valence-corrected chi connectivity index (χ3v) is 3.85. The molecular formula is C16H18O8. The molecule has 24 heavy (non-hydrogen) atoms. The highest BCUT2D eigenvalue weighted by Gasteiger charge is 2.40. The third kappa shape index (κ3) is 4.24. The zero-order valence-electron chi connectivity index (χ0n) is 12.6. The van der Waals surface area contributed by atoms with Crippen molar-refractivity contribution in [2.75, 3.05) is 0 Å². The molecule has 1 aliphatic carbocycles. The molecule has 0 bridgehead atoms. The minimum atomic E-state index is -1.35. The lowest BCUT2D eigenvalue weighted by molar-refractivity contribution is -0.169. The number of benzene rings is 1. The van der Waals surface area contributed by atoms with Gasteiger partial charge in [0.05, 0.1) is 12.0 Å². The van der Waals surface area contributed by atoms with Crippen LogP contribution in [-0.4, -0.2) is 55.8 Å². The standard InChI is InChI=1S/C16H18O8/c17-10-3-1-8(5-11(10)18)2-4-14(20)24-13-7-9(16(22)23)6-12(19)15(13)21/h1-5,9,12-13,15,17-19,21H,6-7H2,(H,22,23)/t9-,12-,13-,15-/m1/s1. The molecule has 1 saturated carbocycles. The van der Waals surface area contributed by atoms with Gasteiger partial charge in [-0.1, -0.05) is 6.07 Å². The number of rotatable bonds is 4. The summed E-state index contributed by atoms with van der Waals surface area (Å²) < 4.78 is 5.02. The first kappa shape index (κ1) is 17.8. The number of carboxylic acid groups (broad SMARTS) is 1. The summed E-state index contributed by atoms with van der Waals surface area (Å²) in [7, 11) is 0. The molecule has 0 aromatic heterocycles. The molecule has 0 unspecified atom stereocenters. The Balaban J connectivity index is 2.00. The summed E-state index contributed by atoms with van der Waals surface area (Å²) in [6.07, 6.45) is -1.59. The van der Waals surface area contributed by atoms with Crippen LogP contribution in [0.5, 0.6) is 11.5 Å². The molecular weight excluding hydrogens is 320 g/mol. The average molecular weight is 338 g/mol. The number of carbonyl (C=O) groups is 2. The molecule has 1 aromatic carbocycles. The second kappa shape index (κ2) is 7.33. The van der Waals surface area contributed by atoms with Gasteiger partial charge >= 0.3 is 11.9 Å². The second-order valence-corrected chi connectivity index (χ2v) is 5.62. The molecule has 0 aliphatic heterocycles. The van der Waals surface area contributed by atoms with Crippen molar-refractivity contribution < 1.29 is 39.9 Å². The maximum absolute atomic E-state index is 11.8. The zero-order valence-corrected chi connectivity index (χ0v) is 12.6. The summed E-state index contributed by atoms with van der Waals surface area (Å²) in [4.78, 5) is 22.8. The summed E-state index contributed by atoms with van der Waals surface area (Å²) in [6, 6.07) is 3.94. The molecule has 1 aliphatic rings. The minimum Gasteiger partial charge on any atom is -0.504 e. The lowest BCUT2D eigenvalue weighted by Gasteiger charge is -2.34. The number of ether oxygens (including phenoxy) is 1. The van der Waals surface area contributed by atoms with Crippen LogP contribution in [0, 0.1) is 5.92 Å². The third-order valence-electron chi connectivity index (χ3n) is 3.85. The van der Waals surface area contributed by atoms with Crippen LogP contribution >= 0.6 is 0 Å². The smallest absolute Gasteiger partial charge is 0.331 e. The van der Waals surface area contributed by atoms with Crippen molar-refractivity contribution >= 4 is 18.0 Å². The normalized spacial score (nSPS) is 27.1. The van der Waals surface area contributed by atoms with Gasteiger partial charge in [-0.15, -0.1) is 0 Å². The molecule has 8 nitrogen and oxygen atoms in total. The fourth-order valence-electron chi connectivity index (χ4n) is 2.51. The Morgan fingerprint density at radius 1 is 1.12 bits per heavy atom. The van der Waals surface area contributed by atoms with Gasteiger partial charge in [0.25, 0.3) is 0 Å². The number of carbonyl (C=O) groups excluding carboxylic acids is 1. The van der Waals surface area contributed by atoms with Crippen LogP contribution in [0.4, 0.5) is 0 Å². The number of aliphatic hydroxyl groups excluding tert-OH is 2. The number of hydrogen-bond donors (Lipinski definition) is 5. The fourth-order valence-corrected chi connectivity index (χ4v) is 2.51. The van der Waals surface area contributed by atoms with Gasteiger partial charge in [-0.25, -0.2) is 4.79 Å². The van der Waals surface area contributed by atoms with E-state index in [1.807, 2.05) is 0 Å². The van der Waals surface area contributed by atoms with Gasteiger partial charge in [0.2, 0.25) is 0 Å². The largest absolute Gasteiger partial charge is 0.504 e. The van der Waals surface area contributed by atoms with Crippen LogP contribution in [0.25, 0.3) is 6.08 Å². The quantitative estimate of drug-likeness (QED) is 0.298. The van der Waals surface area contributed by atoms with E-state index < -0.39 is 36.2 Å². The van der Waals surface area contributed by atoms with E-state index in [2.05, 4.69) is 0 Å². The van der Waals surface area contributed by atoms with E-state index in [-0.39, 0.29) is 24.3 Å². The van der Waals surface area contributed by atoms with E-state index in [0.29, 0.717) is 5.56 Å². The minimum absolute atomic E-state index is 0.0901. The highest BCUT2D eigenvalue weighted by Crippen LogP contribution is 2.28. The van der Waals surface area contributed by atoms with Gasteiger partial charge < -0.3 is 30.3 Å². The van der Waals surface area contributed by atoms with E-state index >= 15 is 0 Å². The Morgan fingerprint density at radius 3 is 2.46 bits per heavy atom. The first-order valence-corrected chi connectivity index (χ1v) is 7.27. The highest BCUT2D eigenvalue weighted by molar-refractivity contribution is 5.87. The second-order valence-electron chi connectivity index (χ2n) is 5.62. The summed E-state index contributed by atoms with van der Waals surface area (Å²) in [5.74, 6) is -3.50. The van der Waals surface area contributed by atoms with E-state index in [9.17, 15) is 30.0 Å². The lowest BCUT2D eigenvalue weighted by Crippen LogP contribution is -2.48. The first-order valence-electron chi connectivity index (χ1n) is 7.27. The monoisotopic (exact) mass is 338 g/mol. The molecule has 0 amide bonds. The van der Waals surface area contributed by atoms with Crippen molar-refractivity contribution in [3.63, 3.8) is 0 Å². The van der Waals surface area contributed by atoms with Gasteiger partial charge in [0.1, 0.15) is 12.2 Å². The Labute approximate surface area is 137 Å². The predicted molar refractivity (Wildman–Crippen MR) is 81.1 cm³/mol. The van der Waals surface area contributed by atoms with Crippen molar-refractivity contribution in [3.8, 4) is 11.5 Å². The van der Waals surface area contributed by atoms with Crippen LogP contribution in [0.15, 0.2) is 24.3 Å². The number of aliphatic hydroxyl groups is 2. The van der Waals surface area contributed by atoms with Gasteiger partial charge in [-0.05, 0) is 30.2 Å². The fraction of sp³-hybridized carbons (Fsp3) is 0.375. The molecule has 2 rings (SSSR count). The molecule has 4 atom stereocenters. The van der Waals surface area contributed by atoms with Gasteiger partial charge in [-0.3, -0.25) is 4.79 Å². The number of esters is 1. The molecule has 0 heterocycles. The molecule has 0 radical (unpaired) electrons.